The molecule has 1 aromatic rings. The average molecular weight is 364 g/mol. The number of benzene rings is 1. The van der Waals surface area contributed by atoms with Gasteiger partial charge in [0.25, 0.3) is 0 Å². The number of primary sulfonamides is 1. The molecule has 1 unspecified atom stereocenters. The molecule has 0 amide bonds. The second-order valence-electron chi connectivity index (χ2n) is 5.54. The van der Waals surface area contributed by atoms with Gasteiger partial charge in [0.15, 0.2) is 0 Å². The van der Waals surface area contributed by atoms with Crippen molar-refractivity contribution in [3.05, 3.63) is 24.3 Å². The van der Waals surface area contributed by atoms with Crippen LogP contribution in [0.3, 0.4) is 0 Å². The fourth-order valence-electron chi connectivity index (χ4n) is 1.95. The molecule has 1 rings (SSSR count). The maximum Gasteiger partial charge on any atom is 0.307 e. The molecule has 0 aliphatic heterocycles. The lowest BCUT2D eigenvalue weighted by atomic mass is 9.98. The van der Waals surface area contributed by atoms with Gasteiger partial charge in [-0.3, -0.25) is 4.79 Å². The van der Waals surface area contributed by atoms with Crippen LogP contribution in [-0.4, -0.2) is 34.5 Å². The van der Waals surface area contributed by atoms with Gasteiger partial charge in [-0.05, 0) is 30.5 Å². The number of aliphatic carboxylic acids is 1. The molecule has 0 saturated carbocycles. The van der Waals surface area contributed by atoms with Crippen LogP contribution < -0.4 is 9.86 Å². The Labute approximate surface area is 135 Å². The molecule has 0 saturated heterocycles. The first-order valence-corrected chi connectivity index (χ1v) is 9.81. The molecule has 4 N–H and O–H groups in total. The Morgan fingerprint density at radius 3 is 2.26 bits per heavy atom. The van der Waals surface area contributed by atoms with Gasteiger partial charge in [0.05, 0.1) is 15.7 Å². The van der Waals surface area contributed by atoms with E-state index < -0.39 is 31.9 Å². The van der Waals surface area contributed by atoms with Crippen molar-refractivity contribution in [1.29, 1.82) is 0 Å². The first kappa shape index (κ1) is 19.6. The Morgan fingerprint density at radius 2 is 1.78 bits per heavy atom. The molecule has 0 heterocycles. The van der Waals surface area contributed by atoms with E-state index in [2.05, 4.69) is 4.72 Å². The molecular weight excluding hydrogens is 344 g/mol. The third-order valence-corrected chi connectivity index (χ3v) is 5.40. The molecule has 0 aliphatic rings. The number of sulfonamides is 2. The molecular formula is C13H20N2O6S2. The van der Waals surface area contributed by atoms with Crippen LogP contribution in [-0.2, 0) is 24.8 Å². The molecule has 0 radical (unpaired) electrons. The van der Waals surface area contributed by atoms with Crippen LogP contribution in [0.5, 0.6) is 0 Å². The molecule has 1 atom stereocenters. The summed E-state index contributed by atoms with van der Waals surface area (Å²) < 4.78 is 49.1. The highest BCUT2D eigenvalue weighted by atomic mass is 32.2. The Morgan fingerprint density at radius 1 is 1.22 bits per heavy atom. The third kappa shape index (κ3) is 5.90. The third-order valence-electron chi connectivity index (χ3n) is 3.07. The van der Waals surface area contributed by atoms with Crippen molar-refractivity contribution in [2.45, 2.75) is 30.1 Å². The van der Waals surface area contributed by atoms with Crippen molar-refractivity contribution >= 4 is 26.0 Å². The molecule has 0 bridgehead atoms. The average Bonchev–Trinajstić information content (AvgIpc) is 2.42. The topological polar surface area (TPSA) is 144 Å². The SMILES string of the molecule is CC(C)CC(CNS(=O)(=O)c1cccc(S(N)(=O)=O)c1)C(=O)O. The van der Waals surface area contributed by atoms with E-state index in [1.807, 2.05) is 13.8 Å². The predicted octanol–water partition coefficient (Wildman–Crippen LogP) is 0.359. The van der Waals surface area contributed by atoms with E-state index in [0.29, 0.717) is 6.42 Å². The lowest BCUT2D eigenvalue weighted by Gasteiger charge is -2.15. The predicted molar refractivity (Wildman–Crippen MR) is 83.6 cm³/mol. The number of carbonyl (C=O) groups is 1. The van der Waals surface area contributed by atoms with Crippen LogP contribution in [0.15, 0.2) is 34.1 Å². The van der Waals surface area contributed by atoms with Gasteiger partial charge in [0.2, 0.25) is 20.0 Å². The number of rotatable bonds is 8. The Balaban J connectivity index is 2.98. The summed E-state index contributed by atoms with van der Waals surface area (Å²) >= 11 is 0. The Kier molecular flexibility index (Phi) is 6.28. The molecule has 0 aromatic heterocycles. The fraction of sp³-hybridized carbons (Fsp3) is 0.462. The van der Waals surface area contributed by atoms with Crippen LogP contribution in [0.1, 0.15) is 20.3 Å². The number of nitrogens with one attached hydrogen (secondary N) is 1. The smallest absolute Gasteiger partial charge is 0.307 e. The van der Waals surface area contributed by atoms with Crippen molar-refractivity contribution < 1.29 is 26.7 Å². The number of carboxylic acid groups (broad SMARTS) is 1. The van der Waals surface area contributed by atoms with Gasteiger partial charge in [-0.15, -0.1) is 0 Å². The molecule has 130 valence electrons. The zero-order valence-electron chi connectivity index (χ0n) is 12.8. The Hall–Kier alpha value is -1.49. The minimum Gasteiger partial charge on any atom is -0.481 e. The number of hydrogen-bond acceptors (Lipinski definition) is 5. The fourth-order valence-corrected chi connectivity index (χ4v) is 3.71. The largest absolute Gasteiger partial charge is 0.481 e. The summed E-state index contributed by atoms with van der Waals surface area (Å²) in [7, 11) is -8.07. The molecule has 8 nitrogen and oxygen atoms in total. The van der Waals surface area contributed by atoms with Crippen molar-refractivity contribution in [1.82, 2.24) is 4.72 Å². The van der Waals surface area contributed by atoms with E-state index in [0.717, 1.165) is 6.07 Å². The van der Waals surface area contributed by atoms with Gasteiger partial charge < -0.3 is 5.11 Å². The highest BCUT2D eigenvalue weighted by Gasteiger charge is 2.23. The summed E-state index contributed by atoms with van der Waals surface area (Å²) in [6.07, 6.45) is 0.315. The van der Waals surface area contributed by atoms with E-state index in [1.54, 1.807) is 0 Å². The summed E-state index contributed by atoms with van der Waals surface area (Å²) in [6, 6.07) is 4.55. The summed E-state index contributed by atoms with van der Waals surface area (Å²) in [4.78, 5) is 10.5. The van der Waals surface area contributed by atoms with Crippen LogP contribution in [0.2, 0.25) is 0 Å². The molecule has 0 fully saturated rings. The zero-order valence-corrected chi connectivity index (χ0v) is 14.4. The lowest BCUT2D eigenvalue weighted by Crippen LogP contribution is -2.33. The van der Waals surface area contributed by atoms with Crippen molar-refractivity contribution in [3.63, 3.8) is 0 Å². The second kappa shape index (κ2) is 7.39. The van der Waals surface area contributed by atoms with Gasteiger partial charge in [-0.1, -0.05) is 19.9 Å². The zero-order chi connectivity index (χ0) is 17.8. The van der Waals surface area contributed by atoms with Crippen molar-refractivity contribution in [2.75, 3.05) is 6.54 Å². The normalized spacial score (nSPS) is 13.9. The minimum atomic E-state index is -4.04. The number of hydrogen-bond donors (Lipinski definition) is 3. The van der Waals surface area contributed by atoms with Crippen LogP contribution in [0.4, 0.5) is 0 Å². The summed E-state index contributed by atoms with van der Waals surface area (Å²) in [5.41, 5.74) is 0. The summed E-state index contributed by atoms with van der Waals surface area (Å²) in [5.74, 6) is -1.88. The second-order valence-corrected chi connectivity index (χ2v) is 8.86. The number of carboxylic acids is 1. The van der Waals surface area contributed by atoms with Gasteiger partial charge in [-0.25, -0.2) is 26.7 Å². The summed E-state index contributed by atoms with van der Waals surface area (Å²) in [6.45, 7) is 3.38. The quantitative estimate of drug-likeness (QED) is 0.607. The van der Waals surface area contributed by atoms with Gasteiger partial charge in [0.1, 0.15) is 0 Å². The highest BCUT2D eigenvalue weighted by molar-refractivity contribution is 7.90. The number of nitrogens with two attached hydrogens (primary N) is 1. The molecule has 23 heavy (non-hydrogen) atoms. The monoisotopic (exact) mass is 364 g/mol. The highest BCUT2D eigenvalue weighted by Crippen LogP contribution is 2.16. The van der Waals surface area contributed by atoms with E-state index in [9.17, 15) is 21.6 Å². The van der Waals surface area contributed by atoms with Crippen molar-refractivity contribution in [3.8, 4) is 0 Å². The van der Waals surface area contributed by atoms with Crippen molar-refractivity contribution in [2.24, 2.45) is 17.0 Å². The Bertz CT molecular complexity index is 771. The maximum absolute atomic E-state index is 12.2. The van der Waals surface area contributed by atoms with Crippen LogP contribution in [0.25, 0.3) is 0 Å². The molecule has 0 spiro atoms. The standard InChI is InChI=1S/C13H20N2O6S2/c1-9(2)6-10(13(16)17)8-15-23(20,21)12-5-3-4-11(7-12)22(14,18)19/h3-5,7,9-10,15H,6,8H2,1-2H3,(H,16,17)(H2,14,18,19). The van der Waals surface area contributed by atoms with Gasteiger partial charge >= 0.3 is 5.97 Å². The van der Waals surface area contributed by atoms with Gasteiger partial charge in [-0.2, -0.15) is 0 Å². The summed E-state index contributed by atoms with van der Waals surface area (Å²) in [5, 5.41) is 14.1. The molecule has 10 heteroatoms. The van der Waals surface area contributed by atoms with Crippen LogP contribution in [0, 0.1) is 11.8 Å². The van der Waals surface area contributed by atoms with E-state index in [-0.39, 0.29) is 22.3 Å². The minimum absolute atomic E-state index is 0.0892. The maximum atomic E-state index is 12.2. The van der Waals surface area contributed by atoms with Crippen LogP contribution >= 0.6 is 0 Å². The van der Waals surface area contributed by atoms with E-state index in [1.165, 1.54) is 18.2 Å². The van der Waals surface area contributed by atoms with E-state index >= 15 is 0 Å². The lowest BCUT2D eigenvalue weighted by molar-refractivity contribution is -0.142. The molecule has 1 aromatic carbocycles. The first-order valence-electron chi connectivity index (χ1n) is 6.79. The molecule has 0 aliphatic carbocycles. The van der Waals surface area contributed by atoms with E-state index in [4.69, 9.17) is 10.2 Å². The van der Waals surface area contributed by atoms with Gasteiger partial charge in [0, 0.05) is 6.54 Å². The first-order chi connectivity index (χ1) is 10.4.